The first kappa shape index (κ1) is 17.2. The highest BCUT2D eigenvalue weighted by Crippen LogP contribution is 2.35. The lowest BCUT2D eigenvalue weighted by molar-refractivity contribution is 0.0154. The van der Waals surface area contributed by atoms with Crippen LogP contribution >= 0.6 is 0 Å². The molecule has 0 bridgehead atoms. The summed E-state index contributed by atoms with van der Waals surface area (Å²) < 4.78 is 21.2. The Balaban J connectivity index is 1.78. The molecule has 1 amide bonds. The molecule has 0 aliphatic carbocycles. The summed E-state index contributed by atoms with van der Waals surface area (Å²) in [6.07, 6.45) is -1.32. The Labute approximate surface area is 135 Å². The minimum Gasteiger partial charge on any atom is -0.491 e. The third-order valence-corrected chi connectivity index (χ3v) is 2.98. The number of nitrogens with zero attached hydrogens (tertiary/aromatic N) is 1. The number of carbonyl (C=O) groups excluding carboxylic acids is 1. The fraction of sp³-hybridized carbons (Fsp3) is 0.562. The van der Waals surface area contributed by atoms with Crippen LogP contribution in [0.15, 0.2) is 18.2 Å². The van der Waals surface area contributed by atoms with Gasteiger partial charge in [0.15, 0.2) is 11.5 Å². The first-order valence-electron chi connectivity index (χ1n) is 7.39. The third kappa shape index (κ3) is 5.21. The van der Waals surface area contributed by atoms with Crippen molar-refractivity contribution in [1.82, 2.24) is 4.90 Å². The minimum atomic E-state index is -0.835. The van der Waals surface area contributed by atoms with Crippen LogP contribution in [0.4, 0.5) is 4.79 Å². The average molecular weight is 325 g/mol. The Morgan fingerprint density at radius 1 is 1.35 bits per heavy atom. The molecule has 1 heterocycles. The summed E-state index contributed by atoms with van der Waals surface area (Å²) in [5, 5.41) is 9.99. The number of ether oxygens (including phenoxy) is 4. The van der Waals surface area contributed by atoms with Crippen molar-refractivity contribution in [3.05, 3.63) is 18.2 Å². The predicted octanol–water partition coefficient (Wildman–Crippen LogP) is 2.02. The Morgan fingerprint density at radius 2 is 2.04 bits per heavy atom. The van der Waals surface area contributed by atoms with Crippen molar-refractivity contribution < 1.29 is 28.8 Å². The first-order valence-corrected chi connectivity index (χ1v) is 7.39. The highest BCUT2D eigenvalue weighted by Gasteiger charge is 2.21. The number of aliphatic hydroxyl groups excluding tert-OH is 1. The molecule has 1 aromatic carbocycles. The number of hydrogen-bond acceptors (Lipinski definition) is 6. The van der Waals surface area contributed by atoms with Crippen LogP contribution in [0.25, 0.3) is 0 Å². The quantitative estimate of drug-likeness (QED) is 0.892. The molecule has 0 radical (unpaired) electrons. The van der Waals surface area contributed by atoms with E-state index in [1.807, 2.05) is 0 Å². The number of fused-ring (bicyclic) bond motifs is 1. The highest BCUT2D eigenvalue weighted by molar-refractivity contribution is 5.67. The zero-order valence-corrected chi connectivity index (χ0v) is 13.9. The van der Waals surface area contributed by atoms with Crippen LogP contribution < -0.4 is 14.2 Å². The number of aliphatic hydroxyl groups is 1. The molecule has 128 valence electrons. The molecule has 23 heavy (non-hydrogen) atoms. The summed E-state index contributed by atoms with van der Waals surface area (Å²) >= 11 is 0. The van der Waals surface area contributed by atoms with Crippen molar-refractivity contribution in [3.63, 3.8) is 0 Å². The normalized spacial score (nSPS) is 14.3. The maximum absolute atomic E-state index is 11.8. The van der Waals surface area contributed by atoms with E-state index in [0.717, 1.165) is 0 Å². The summed E-state index contributed by atoms with van der Waals surface area (Å²) in [6.45, 7) is 5.72. The van der Waals surface area contributed by atoms with Gasteiger partial charge < -0.3 is 29.0 Å². The molecule has 0 fully saturated rings. The molecule has 0 spiro atoms. The van der Waals surface area contributed by atoms with Gasteiger partial charge in [-0.1, -0.05) is 0 Å². The van der Waals surface area contributed by atoms with Crippen molar-refractivity contribution in [2.75, 3.05) is 27.0 Å². The van der Waals surface area contributed by atoms with E-state index in [0.29, 0.717) is 17.2 Å². The largest absolute Gasteiger partial charge is 0.491 e. The minimum absolute atomic E-state index is 0.0484. The first-order chi connectivity index (χ1) is 10.7. The van der Waals surface area contributed by atoms with Gasteiger partial charge in [-0.05, 0) is 32.9 Å². The maximum Gasteiger partial charge on any atom is 0.410 e. The van der Waals surface area contributed by atoms with Crippen molar-refractivity contribution in [2.24, 2.45) is 0 Å². The van der Waals surface area contributed by atoms with E-state index in [-0.39, 0.29) is 19.9 Å². The number of hydrogen-bond donors (Lipinski definition) is 1. The zero-order valence-electron chi connectivity index (χ0n) is 13.9. The SMILES string of the molecule is CN(CC(O)COc1ccc2c(c1)OCO2)C(=O)OC(C)(C)C. The van der Waals surface area contributed by atoms with Gasteiger partial charge in [-0.2, -0.15) is 0 Å². The van der Waals surface area contributed by atoms with Gasteiger partial charge in [0.2, 0.25) is 6.79 Å². The molecule has 1 atom stereocenters. The van der Waals surface area contributed by atoms with Gasteiger partial charge in [0.1, 0.15) is 24.1 Å². The number of rotatable bonds is 5. The molecule has 1 aromatic rings. The Kier molecular flexibility index (Phi) is 5.20. The van der Waals surface area contributed by atoms with E-state index in [9.17, 15) is 9.90 Å². The van der Waals surface area contributed by atoms with Gasteiger partial charge in [0.25, 0.3) is 0 Å². The maximum atomic E-state index is 11.8. The standard InChI is InChI=1S/C16H23NO6/c1-16(2,3)23-15(19)17(4)8-11(18)9-20-12-5-6-13-14(7-12)22-10-21-13/h5-7,11,18H,8-10H2,1-4H3. The summed E-state index contributed by atoms with van der Waals surface area (Å²) in [6, 6.07) is 5.18. The monoisotopic (exact) mass is 325 g/mol. The molecule has 0 saturated carbocycles. The van der Waals surface area contributed by atoms with Gasteiger partial charge in [-0.3, -0.25) is 0 Å². The van der Waals surface area contributed by atoms with E-state index >= 15 is 0 Å². The summed E-state index contributed by atoms with van der Waals surface area (Å²) in [7, 11) is 1.57. The average Bonchev–Trinajstić information content (AvgIpc) is 2.90. The second-order valence-electron chi connectivity index (χ2n) is 6.34. The van der Waals surface area contributed by atoms with E-state index < -0.39 is 17.8 Å². The Hall–Kier alpha value is -2.15. The lowest BCUT2D eigenvalue weighted by atomic mass is 10.2. The predicted molar refractivity (Wildman–Crippen MR) is 82.9 cm³/mol. The molecule has 1 aliphatic rings. The van der Waals surface area contributed by atoms with Crippen molar-refractivity contribution in [1.29, 1.82) is 0 Å². The number of carbonyl (C=O) groups is 1. The van der Waals surface area contributed by atoms with Crippen LogP contribution in [0.1, 0.15) is 20.8 Å². The molecule has 0 saturated heterocycles. The summed E-state index contributed by atoms with van der Waals surface area (Å²) in [5.74, 6) is 1.85. The van der Waals surface area contributed by atoms with Crippen LogP contribution in [0.3, 0.4) is 0 Å². The molecule has 1 unspecified atom stereocenters. The number of benzene rings is 1. The Bertz CT molecular complexity index is 554. The van der Waals surface area contributed by atoms with Crippen molar-refractivity contribution >= 4 is 6.09 Å². The van der Waals surface area contributed by atoms with Crippen LogP contribution in [0.5, 0.6) is 17.2 Å². The van der Waals surface area contributed by atoms with Gasteiger partial charge in [0, 0.05) is 13.1 Å². The topological polar surface area (TPSA) is 77.5 Å². The second kappa shape index (κ2) is 6.95. The second-order valence-corrected chi connectivity index (χ2v) is 6.34. The van der Waals surface area contributed by atoms with Crippen molar-refractivity contribution in [2.45, 2.75) is 32.5 Å². The fourth-order valence-corrected chi connectivity index (χ4v) is 1.94. The van der Waals surface area contributed by atoms with Crippen molar-refractivity contribution in [3.8, 4) is 17.2 Å². The zero-order chi connectivity index (χ0) is 17.0. The third-order valence-electron chi connectivity index (χ3n) is 2.98. The van der Waals surface area contributed by atoms with E-state index in [1.54, 1.807) is 46.0 Å². The molecule has 1 N–H and O–H groups in total. The molecule has 2 rings (SSSR count). The fourth-order valence-electron chi connectivity index (χ4n) is 1.94. The van der Waals surface area contributed by atoms with E-state index in [1.165, 1.54) is 4.90 Å². The smallest absolute Gasteiger partial charge is 0.410 e. The molecule has 1 aliphatic heterocycles. The van der Waals surface area contributed by atoms with Gasteiger partial charge in [-0.15, -0.1) is 0 Å². The van der Waals surface area contributed by atoms with Crippen LogP contribution in [-0.2, 0) is 4.74 Å². The number of amides is 1. The molecular formula is C16H23NO6. The van der Waals surface area contributed by atoms with Crippen LogP contribution in [-0.4, -0.2) is 54.8 Å². The number of likely N-dealkylation sites (N-methyl/N-ethyl adjacent to an activating group) is 1. The van der Waals surface area contributed by atoms with E-state index in [2.05, 4.69) is 0 Å². The highest BCUT2D eigenvalue weighted by atomic mass is 16.7. The van der Waals surface area contributed by atoms with E-state index in [4.69, 9.17) is 18.9 Å². The lowest BCUT2D eigenvalue weighted by Crippen LogP contribution is -2.40. The molecule has 7 heteroatoms. The molecule has 0 aromatic heterocycles. The van der Waals surface area contributed by atoms with Gasteiger partial charge in [-0.25, -0.2) is 4.79 Å². The molecular weight excluding hydrogens is 302 g/mol. The Morgan fingerprint density at radius 3 is 2.74 bits per heavy atom. The van der Waals surface area contributed by atoms with Gasteiger partial charge >= 0.3 is 6.09 Å². The molecule has 7 nitrogen and oxygen atoms in total. The summed E-state index contributed by atoms with van der Waals surface area (Å²) in [5.41, 5.74) is -0.570. The van der Waals surface area contributed by atoms with Crippen LogP contribution in [0, 0.1) is 0 Å². The summed E-state index contributed by atoms with van der Waals surface area (Å²) in [4.78, 5) is 13.1. The lowest BCUT2D eigenvalue weighted by Gasteiger charge is -2.26. The van der Waals surface area contributed by atoms with Crippen LogP contribution in [0.2, 0.25) is 0 Å². The van der Waals surface area contributed by atoms with Gasteiger partial charge in [0.05, 0.1) is 6.54 Å².